The van der Waals surface area contributed by atoms with Crippen LogP contribution in [0.4, 0.5) is 18.9 Å². The zero-order chi connectivity index (χ0) is 17.0. The highest BCUT2D eigenvalue weighted by atomic mass is 19.4. The average Bonchev–Trinajstić information content (AvgIpc) is 2.52. The molecule has 1 aromatic rings. The number of benzene rings is 1. The molecule has 1 aliphatic rings. The molecule has 1 aromatic carbocycles. The number of likely N-dealkylation sites (tertiary alicyclic amines) is 1. The molecule has 2 rings (SSSR count). The highest BCUT2D eigenvalue weighted by Crippen LogP contribution is 2.23. The number of nitrogens with two attached hydrogens (primary N) is 1. The van der Waals surface area contributed by atoms with Crippen molar-refractivity contribution in [3.8, 4) is 0 Å². The van der Waals surface area contributed by atoms with Crippen molar-refractivity contribution in [1.82, 2.24) is 10.2 Å². The summed E-state index contributed by atoms with van der Waals surface area (Å²) in [5.74, 6) is -1.98. The van der Waals surface area contributed by atoms with Gasteiger partial charge in [0, 0.05) is 30.9 Å². The molecule has 0 spiro atoms. The third kappa shape index (κ3) is 4.61. The number of nitrogens with zero attached hydrogens (tertiary/aromatic N) is 1. The van der Waals surface area contributed by atoms with Crippen LogP contribution in [0, 0.1) is 5.92 Å². The maximum Gasteiger partial charge on any atom is 0.471 e. The van der Waals surface area contributed by atoms with Gasteiger partial charge in [-0.25, -0.2) is 0 Å². The minimum atomic E-state index is -4.82. The van der Waals surface area contributed by atoms with E-state index in [0.29, 0.717) is 30.6 Å². The third-order valence-electron chi connectivity index (χ3n) is 3.87. The molecule has 126 valence electrons. The Labute approximate surface area is 131 Å². The average molecular weight is 329 g/mol. The first kappa shape index (κ1) is 17.1. The van der Waals surface area contributed by atoms with E-state index in [-0.39, 0.29) is 24.9 Å². The molecule has 23 heavy (non-hydrogen) atoms. The van der Waals surface area contributed by atoms with Crippen LogP contribution in [0.5, 0.6) is 0 Å². The summed E-state index contributed by atoms with van der Waals surface area (Å²) in [7, 11) is 0. The fourth-order valence-corrected chi connectivity index (χ4v) is 2.49. The van der Waals surface area contributed by atoms with Gasteiger partial charge in [-0.3, -0.25) is 9.59 Å². The molecule has 1 saturated heterocycles. The van der Waals surface area contributed by atoms with Crippen LogP contribution in [0.2, 0.25) is 0 Å². The van der Waals surface area contributed by atoms with Crippen molar-refractivity contribution >= 4 is 17.5 Å². The summed E-state index contributed by atoms with van der Waals surface area (Å²) < 4.78 is 37.0. The molecule has 0 radical (unpaired) electrons. The predicted octanol–water partition coefficient (Wildman–Crippen LogP) is 1.80. The molecule has 5 nitrogen and oxygen atoms in total. The summed E-state index contributed by atoms with van der Waals surface area (Å²) in [5, 5.41) is 2.76. The Morgan fingerprint density at radius 3 is 2.26 bits per heavy atom. The van der Waals surface area contributed by atoms with Crippen molar-refractivity contribution in [1.29, 1.82) is 0 Å². The summed E-state index contributed by atoms with van der Waals surface area (Å²) in [6, 6.07) is 6.46. The Hall–Kier alpha value is -2.25. The van der Waals surface area contributed by atoms with Gasteiger partial charge in [0.2, 0.25) is 0 Å². The second-order valence-electron chi connectivity index (χ2n) is 5.57. The minimum Gasteiger partial charge on any atom is -0.399 e. The van der Waals surface area contributed by atoms with Crippen LogP contribution in [-0.4, -0.2) is 42.5 Å². The lowest BCUT2D eigenvalue weighted by Crippen LogP contribution is -2.46. The van der Waals surface area contributed by atoms with Crippen LogP contribution in [-0.2, 0) is 4.79 Å². The number of hydrogen-bond donors (Lipinski definition) is 2. The molecule has 1 fully saturated rings. The quantitative estimate of drug-likeness (QED) is 0.830. The first-order valence-corrected chi connectivity index (χ1v) is 7.27. The number of piperidine rings is 1. The molecule has 2 amide bonds. The number of hydrogen-bond acceptors (Lipinski definition) is 3. The fraction of sp³-hybridized carbons (Fsp3) is 0.467. The minimum absolute atomic E-state index is 0.0563. The van der Waals surface area contributed by atoms with Crippen LogP contribution in [0.25, 0.3) is 0 Å². The Balaban J connectivity index is 1.77. The number of rotatable bonds is 3. The van der Waals surface area contributed by atoms with Gasteiger partial charge in [0.05, 0.1) is 0 Å². The van der Waals surface area contributed by atoms with Crippen LogP contribution >= 0.6 is 0 Å². The number of nitrogens with one attached hydrogen (secondary N) is 1. The number of carbonyl (C=O) groups is 2. The zero-order valence-corrected chi connectivity index (χ0v) is 12.4. The monoisotopic (exact) mass is 329 g/mol. The number of nitrogen functional groups attached to an aromatic ring is 1. The van der Waals surface area contributed by atoms with E-state index < -0.39 is 12.1 Å². The lowest BCUT2D eigenvalue weighted by molar-refractivity contribution is -0.186. The van der Waals surface area contributed by atoms with E-state index in [2.05, 4.69) is 5.32 Å². The number of anilines is 1. The summed E-state index contributed by atoms with van der Waals surface area (Å²) in [5.41, 5.74) is 6.58. The number of amides is 2. The van der Waals surface area contributed by atoms with E-state index in [4.69, 9.17) is 5.73 Å². The lowest BCUT2D eigenvalue weighted by atomic mass is 9.96. The van der Waals surface area contributed by atoms with Crippen molar-refractivity contribution in [3.05, 3.63) is 29.8 Å². The van der Waals surface area contributed by atoms with Crippen LogP contribution in [0.15, 0.2) is 24.3 Å². The van der Waals surface area contributed by atoms with Crippen LogP contribution < -0.4 is 11.1 Å². The molecular formula is C15H18F3N3O2. The molecule has 3 N–H and O–H groups in total. The normalized spacial score (nSPS) is 16.2. The van der Waals surface area contributed by atoms with Gasteiger partial charge in [0.1, 0.15) is 0 Å². The van der Waals surface area contributed by atoms with E-state index in [1.807, 2.05) is 0 Å². The predicted molar refractivity (Wildman–Crippen MR) is 78.5 cm³/mol. The van der Waals surface area contributed by atoms with Crippen LogP contribution in [0.1, 0.15) is 23.2 Å². The Morgan fingerprint density at radius 2 is 1.74 bits per heavy atom. The van der Waals surface area contributed by atoms with E-state index in [1.54, 1.807) is 24.3 Å². The van der Waals surface area contributed by atoms with E-state index in [9.17, 15) is 22.8 Å². The molecule has 1 heterocycles. The standard InChI is InChI=1S/C15H18F3N3O2/c16-15(17,18)14(23)21-7-5-10(6-8-21)9-20-13(22)11-1-3-12(19)4-2-11/h1-4,10H,5-9,19H2,(H,20,22). The SMILES string of the molecule is Nc1ccc(C(=O)NCC2CCN(C(=O)C(F)(F)F)CC2)cc1. The van der Waals surface area contributed by atoms with Crippen molar-refractivity contribution in [2.45, 2.75) is 19.0 Å². The molecule has 0 aliphatic carbocycles. The van der Waals surface area contributed by atoms with Gasteiger partial charge >= 0.3 is 12.1 Å². The van der Waals surface area contributed by atoms with Crippen molar-refractivity contribution in [2.75, 3.05) is 25.4 Å². The molecule has 0 unspecified atom stereocenters. The van der Waals surface area contributed by atoms with Crippen molar-refractivity contribution < 1.29 is 22.8 Å². The Kier molecular flexibility index (Phi) is 5.12. The van der Waals surface area contributed by atoms with Gasteiger partial charge in [-0.1, -0.05) is 0 Å². The molecule has 0 aromatic heterocycles. The summed E-state index contributed by atoms with van der Waals surface area (Å²) >= 11 is 0. The van der Waals surface area contributed by atoms with Gasteiger partial charge in [0.25, 0.3) is 5.91 Å². The molecular weight excluding hydrogens is 311 g/mol. The van der Waals surface area contributed by atoms with E-state index >= 15 is 0 Å². The van der Waals surface area contributed by atoms with Crippen molar-refractivity contribution in [3.63, 3.8) is 0 Å². The fourth-order valence-electron chi connectivity index (χ4n) is 2.49. The van der Waals surface area contributed by atoms with Crippen molar-refractivity contribution in [2.24, 2.45) is 5.92 Å². The van der Waals surface area contributed by atoms with E-state index in [1.165, 1.54) is 0 Å². The first-order valence-electron chi connectivity index (χ1n) is 7.27. The van der Waals surface area contributed by atoms with Gasteiger partial charge in [0.15, 0.2) is 0 Å². The molecule has 0 saturated carbocycles. The van der Waals surface area contributed by atoms with Gasteiger partial charge in [-0.2, -0.15) is 13.2 Å². The summed E-state index contributed by atoms with van der Waals surface area (Å²) in [6.07, 6.45) is -3.95. The van der Waals surface area contributed by atoms with Gasteiger partial charge in [-0.15, -0.1) is 0 Å². The second kappa shape index (κ2) is 6.89. The Bertz CT molecular complexity index is 564. The number of carbonyl (C=O) groups excluding carboxylic acids is 2. The first-order chi connectivity index (χ1) is 10.8. The highest BCUT2D eigenvalue weighted by molar-refractivity contribution is 5.94. The molecule has 8 heteroatoms. The second-order valence-corrected chi connectivity index (χ2v) is 5.57. The maximum absolute atomic E-state index is 12.3. The molecule has 0 atom stereocenters. The number of halogens is 3. The largest absolute Gasteiger partial charge is 0.471 e. The third-order valence-corrected chi connectivity index (χ3v) is 3.87. The molecule has 1 aliphatic heterocycles. The molecule has 0 bridgehead atoms. The maximum atomic E-state index is 12.3. The van der Waals surface area contributed by atoms with Gasteiger partial charge in [-0.05, 0) is 43.0 Å². The highest BCUT2D eigenvalue weighted by Gasteiger charge is 2.43. The smallest absolute Gasteiger partial charge is 0.399 e. The van der Waals surface area contributed by atoms with Gasteiger partial charge < -0.3 is 16.0 Å². The van der Waals surface area contributed by atoms with Crippen LogP contribution in [0.3, 0.4) is 0 Å². The Morgan fingerprint density at radius 1 is 1.17 bits per heavy atom. The van der Waals surface area contributed by atoms with E-state index in [0.717, 1.165) is 4.90 Å². The zero-order valence-electron chi connectivity index (χ0n) is 12.4. The number of alkyl halides is 3. The lowest BCUT2D eigenvalue weighted by Gasteiger charge is -2.32. The topological polar surface area (TPSA) is 75.4 Å². The summed E-state index contributed by atoms with van der Waals surface area (Å²) in [4.78, 5) is 23.9. The summed E-state index contributed by atoms with van der Waals surface area (Å²) in [6.45, 7) is 0.485.